The van der Waals surface area contributed by atoms with Crippen LogP contribution in [0.15, 0.2) is 46.7 Å². The Kier molecular flexibility index (Phi) is 3.53. The number of nitrogens with zero attached hydrogens (tertiary/aromatic N) is 1. The summed E-state index contributed by atoms with van der Waals surface area (Å²) in [6.45, 7) is 0. The fourth-order valence-corrected chi connectivity index (χ4v) is 2.34. The van der Waals surface area contributed by atoms with Crippen LogP contribution >= 0.6 is 15.9 Å². The number of para-hydroxylation sites is 1. The van der Waals surface area contributed by atoms with Crippen LogP contribution in [0.25, 0.3) is 5.70 Å². The number of pyridine rings is 1. The third-order valence-electron chi connectivity index (χ3n) is 3.08. The van der Waals surface area contributed by atoms with Crippen LogP contribution < -0.4 is 5.32 Å². The van der Waals surface area contributed by atoms with Crippen molar-refractivity contribution in [3.8, 4) is 0 Å². The zero-order chi connectivity index (χ0) is 14.1. The van der Waals surface area contributed by atoms with Gasteiger partial charge in [0.1, 0.15) is 21.9 Å². The molecule has 1 fully saturated rings. The Bertz CT molecular complexity index is 672. The Morgan fingerprint density at radius 1 is 1.15 bits per heavy atom. The summed E-state index contributed by atoms with van der Waals surface area (Å²) in [6.07, 6.45) is 3.54. The van der Waals surface area contributed by atoms with E-state index in [1.807, 2.05) is 12.1 Å². The number of hydrogen-bond acceptors (Lipinski definition) is 2. The predicted octanol–water partition coefficient (Wildman–Crippen LogP) is 4.74. The smallest absolute Gasteiger partial charge is 0.149 e. The lowest BCUT2D eigenvalue weighted by molar-refractivity contribution is 0.591. The SMILES string of the molecule is Fc1cccc(F)c1NC(=C1CC1)c1ccnc(Br)c1. The molecule has 20 heavy (non-hydrogen) atoms. The Morgan fingerprint density at radius 3 is 2.45 bits per heavy atom. The predicted molar refractivity (Wildman–Crippen MR) is 78.1 cm³/mol. The Hall–Kier alpha value is -1.75. The number of nitrogens with one attached hydrogen (secondary N) is 1. The minimum atomic E-state index is -0.600. The molecule has 0 aliphatic heterocycles. The Balaban J connectivity index is 2.01. The zero-order valence-electron chi connectivity index (χ0n) is 10.5. The number of halogens is 3. The van der Waals surface area contributed by atoms with E-state index in [0.717, 1.165) is 29.7 Å². The molecular formula is C15H11BrF2N2. The van der Waals surface area contributed by atoms with E-state index in [1.165, 1.54) is 18.2 Å². The van der Waals surface area contributed by atoms with Crippen molar-refractivity contribution in [2.24, 2.45) is 0 Å². The normalized spacial score (nSPS) is 13.2. The maximum atomic E-state index is 13.7. The third kappa shape index (κ3) is 2.72. The average molecular weight is 337 g/mol. The van der Waals surface area contributed by atoms with Crippen LogP contribution in [0.4, 0.5) is 14.5 Å². The Morgan fingerprint density at radius 2 is 1.85 bits per heavy atom. The standard InChI is InChI=1S/C15H11BrF2N2/c16-13-8-10(6-7-19-13)14(9-4-5-9)20-15-11(17)2-1-3-12(15)18/h1-3,6-8,20H,4-5H2. The van der Waals surface area contributed by atoms with E-state index in [2.05, 4.69) is 26.2 Å². The minimum absolute atomic E-state index is 0.116. The van der Waals surface area contributed by atoms with Gasteiger partial charge in [0.25, 0.3) is 0 Å². The quantitative estimate of drug-likeness (QED) is 0.819. The molecule has 1 saturated carbocycles. The van der Waals surface area contributed by atoms with E-state index in [4.69, 9.17) is 0 Å². The van der Waals surface area contributed by atoms with E-state index in [-0.39, 0.29) is 5.69 Å². The number of aromatic nitrogens is 1. The van der Waals surface area contributed by atoms with Gasteiger partial charge < -0.3 is 5.32 Å². The third-order valence-corrected chi connectivity index (χ3v) is 3.52. The summed E-state index contributed by atoms with van der Waals surface area (Å²) in [6, 6.07) is 7.47. The molecule has 0 spiro atoms. The van der Waals surface area contributed by atoms with Crippen molar-refractivity contribution in [1.29, 1.82) is 0 Å². The van der Waals surface area contributed by atoms with Crippen molar-refractivity contribution in [3.63, 3.8) is 0 Å². The van der Waals surface area contributed by atoms with Crippen molar-refractivity contribution in [2.75, 3.05) is 5.32 Å². The monoisotopic (exact) mass is 336 g/mol. The van der Waals surface area contributed by atoms with Crippen molar-refractivity contribution in [1.82, 2.24) is 4.98 Å². The first-order valence-corrected chi connectivity index (χ1v) is 6.99. The minimum Gasteiger partial charge on any atom is -0.350 e. The van der Waals surface area contributed by atoms with Crippen molar-refractivity contribution < 1.29 is 8.78 Å². The molecule has 1 aliphatic carbocycles. The molecular weight excluding hydrogens is 326 g/mol. The molecule has 0 bridgehead atoms. The zero-order valence-corrected chi connectivity index (χ0v) is 12.0. The van der Waals surface area contributed by atoms with Gasteiger partial charge >= 0.3 is 0 Å². The number of benzene rings is 1. The van der Waals surface area contributed by atoms with Gasteiger partial charge in [0, 0.05) is 17.5 Å². The number of allylic oxidation sites excluding steroid dienone is 1. The number of rotatable bonds is 3. The maximum absolute atomic E-state index is 13.7. The molecule has 0 saturated heterocycles. The summed E-state index contributed by atoms with van der Waals surface area (Å²) in [4.78, 5) is 4.06. The summed E-state index contributed by atoms with van der Waals surface area (Å²) in [5, 5.41) is 2.90. The van der Waals surface area contributed by atoms with Crippen LogP contribution in [0.2, 0.25) is 0 Å². The van der Waals surface area contributed by atoms with E-state index in [0.29, 0.717) is 4.60 Å². The molecule has 5 heteroatoms. The second kappa shape index (κ2) is 5.32. The first-order chi connectivity index (χ1) is 9.65. The van der Waals surface area contributed by atoms with Gasteiger partial charge in [0.15, 0.2) is 0 Å². The van der Waals surface area contributed by atoms with Crippen LogP contribution in [0.1, 0.15) is 18.4 Å². The molecule has 0 radical (unpaired) electrons. The topological polar surface area (TPSA) is 24.9 Å². The van der Waals surface area contributed by atoms with Crippen molar-refractivity contribution >= 4 is 27.3 Å². The molecule has 2 nitrogen and oxygen atoms in total. The van der Waals surface area contributed by atoms with Crippen LogP contribution in [-0.4, -0.2) is 4.98 Å². The molecule has 1 heterocycles. The lowest BCUT2D eigenvalue weighted by Crippen LogP contribution is -2.03. The van der Waals surface area contributed by atoms with Gasteiger partial charge in [0.05, 0.1) is 0 Å². The van der Waals surface area contributed by atoms with E-state index in [9.17, 15) is 8.78 Å². The molecule has 1 aliphatic rings. The van der Waals surface area contributed by atoms with Crippen LogP contribution in [0.3, 0.4) is 0 Å². The van der Waals surface area contributed by atoms with Crippen LogP contribution in [0.5, 0.6) is 0 Å². The maximum Gasteiger partial charge on any atom is 0.149 e. The fraction of sp³-hybridized carbons (Fsp3) is 0.133. The van der Waals surface area contributed by atoms with Crippen LogP contribution in [-0.2, 0) is 0 Å². The molecule has 3 rings (SSSR count). The van der Waals surface area contributed by atoms with Gasteiger partial charge in [0.2, 0.25) is 0 Å². The molecule has 1 N–H and O–H groups in total. The van der Waals surface area contributed by atoms with Gasteiger partial charge in [-0.25, -0.2) is 13.8 Å². The van der Waals surface area contributed by atoms with Gasteiger partial charge in [-0.05, 0) is 58.6 Å². The summed E-state index contributed by atoms with van der Waals surface area (Å²) < 4.78 is 28.2. The largest absolute Gasteiger partial charge is 0.350 e. The second-order valence-electron chi connectivity index (χ2n) is 4.57. The van der Waals surface area contributed by atoms with Crippen molar-refractivity contribution in [2.45, 2.75) is 12.8 Å². The molecule has 0 atom stereocenters. The Labute approximate surface area is 123 Å². The average Bonchev–Trinajstić information content (AvgIpc) is 3.23. The van der Waals surface area contributed by atoms with Gasteiger partial charge in [-0.15, -0.1) is 0 Å². The van der Waals surface area contributed by atoms with E-state index in [1.54, 1.807) is 6.20 Å². The van der Waals surface area contributed by atoms with Gasteiger partial charge in [-0.2, -0.15) is 0 Å². The first-order valence-electron chi connectivity index (χ1n) is 6.20. The molecule has 0 amide bonds. The van der Waals surface area contributed by atoms with E-state index < -0.39 is 11.6 Å². The number of hydrogen-bond donors (Lipinski definition) is 1. The summed E-state index contributed by atoms with van der Waals surface area (Å²) >= 11 is 3.30. The highest BCUT2D eigenvalue weighted by Crippen LogP contribution is 2.38. The van der Waals surface area contributed by atoms with Gasteiger partial charge in [-0.1, -0.05) is 6.07 Å². The van der Waals surface area contributed by atoms with Crippen LogP contribution in [0, 0.1) is 11.6 Å². The van der Waals surface area contributed by atoms with Gasteiger partial charge in [-0.3, -0.25) is 0 Å². The highest BCUT2D eigenvalue weighted by Gasteiger charge is 2.21. The molecule has 102 valence electrons. The molecule has 1 aromatic carbocycles. The highest BCUT2D eigenvalue weighted by molar-refractivity contribution is 9.10. The summed E-state index contributed by atoms with van der Waals surface area (Å²) in [5.74, 6) is -1.20. The molecule has 0 unspecified atom stereocenters. The number of anilines is 1. The van der Waals surface area contributed by atoms with Crippen molar-refractivity contribution in [3.05, 3.63) is 63.9 Å². The van der Waals surface area contributed by atoms with E-state index >= 15 is 0 Å². The molecule has 1 aromatic heterocycles. The fourth-order valence-electron chi connectivity index (χ4n) is 1.98. The lowest BCUT2D eigenvalue weighted by atomic mass is 10.1. The highest BCUT2D eigenvalue weighted by atomic mass is 79.9. The molecule has 2 aromatic rings. The summed E-state index contributed by atoms with van der Waals surface area (Å²) in [7, 11) is 0. The first kappa shape index (κ1) is 13.2. The second-order valence-corrected chi connectivity index (χ2v) is 5.38. The summed E-state index contributed by atoms with van der Waals surface area (Å²) in [5.41, 5.74) is 2.67. The lowest BCUT2D eigenvalue weighted by Gasteiger charge is -2.13.